The van der Waals surface area contributed by atoms with Gasteiger partial charge in [-0.3, -0.25) is 4.68 Å². The van der Waals surface area contributed by atoms with Crippen LogP contribution in [0.3, 0.4) is 0 Å². The van der Waals surface area contributed by atoms with Gasteiger partial charge in [-0.05, 0) is 11.9 Å². The van der Waals surface area contributed by atoms with E-state index in [4.69, 9.17) is 0 Å². The number of hydrogen-bond donors (Lipinski definition) is 0. The van der Waals surface area contributed by atoms with E-state index in [1.807, 2.05) is 13.2 Å². The molecule has 2 heterocycles. The molecule has 12 heavy (non-hydrogen) atoms. The fourth-order valence-electron chi connectivity index (χ4n) is 0.764. The Kier molecular flexibility index (Phi) is 3.08. The zero-order valence-electron chi connectivity index (χ0n) is 6.19. The van der Waals surface area contributed by atoms with E-state index in [9.17, 15) is 0 Å². The number of aromatic nitrogens is 4. The molecule has 0 amide bonds. The van der Waals surface area contributed by atoms with Crippen molar-refractivity contribution in [2.24, 2.45) is 7.05 Å². The second-order valence-electron chi connectivity index (χ2n) is 2.08. The molecule has 2 aromatic heterocycles. The molecule has 0 aliphatic heterocycles. The molecule has 0 saturated heterocycles. The van der Waals surface area contributed by atoms with Crippen LogP contribution in [0.25, 0.3) is 11.4 Å². The summed E-state index contributed by atoms with van der Waals surface area (Å²) in [5.41, 5.74) is 1.54. The van der Waals surface area contributed by atoms with Gasteiger partial charge in [0.05, 0.1) is 0 Å². The summed E-state index contributed by atoms with van der Waals surface area (Å²) < 4.78 is 5.71. The second kappa shape index (κ2) is 3.89. The summed E-state index contributed by atoms with van der Waals surface area (Å²) in [7, 11) is 1.82. The van der Waals surface area contributed by atoms with Gasteiger partial charge in [-0.2, -0.15) is 0 Å². The first-order chi connectivity index (χ1) is 5.36. The smallest absolute Gasteiger partial charge is 0.0296 e. The third kappa shape index (κ3) is 1.77. The third-order valence-corrected chi connectivity index (χ3v) is 1.75. The van der Waals surface area contributed by atoms with Crippen molar-refractivity contribution in [3.8, 4) is 11.4 Å². The van der Waals surface area contributed by atoms with E-state index >= 15 is 0 Å². The van der Waals surface area contributed by atoms with E-state index in [1.54, 1.807) is 10.1 Å². The minimum Gasteiger partial charge on any atom is -0.274 e. The third-order valence-electron chi connectivity index (χ3n) is 1.24. The van der Waals surface area contributed by atoms with Crippen LogP contribution in [0, 0.1) is 6.07 Å². The van der Waals surface area contributed by atoms with E-state index in [-0.39, 0.29) is 20.1 Å². The number of aryl methyl sites for hydroxylation is 1. The van der Waals surface area contributed by atoms with Crippen molar-refractivity contribution >= 4 is 11.5 Å². The van der Waals surface area contributed by atoms with Crippen LogP contribution < -0.4 is 0 Å². The van der Waals surface area contributed by atoms with Crippen LogP contribution >= 0.6 is 11.5 Å². The number of hydrogen-bond acceptors (Lipinski definition) is 4. The van der Waals surface area contributed by atoms with E-state index < -0.39 is 0 Å². The van der Waals surface area contributed by atoms with Crippen LogP contribution in [-0.2, 0) is 27.2 Å². The van der Waals surface area contributed by atoms with Crippen molar-refractivity contribution in [3.05, 3.63) is 17.6 Å². The zero-order chi connectivity index (χ0) is 7.68. The molecule has 0 N–H and O–H groups in total. The fourth-order valence-corrected chi connectivity index (χ4v) is 1.23. The molecule has 0 aromatic carbocycles. The van der Waals surface area contributed by atoms with Gasteiger partial charge in [0.1, 0.15) is 0 Å². The van der Waals surface area contributed by atoms with Gasteiger partial charge in [-0.25, -0.2) is 15.5 Å². The maximum absolute atomic E-state index is 4.07. The Morgan fingerprint density at radius 2 is 2.42 bits per heavy atom. The molecule has 0 saturated carbocycles. The molecule has 0 aliphatic carbocycles. The summed E-state index contributed by atoms with van der Waals surface area (Å²) in [6, 6.07) is 2.96. The number of rotatable bonds is 1. The van der Waals surface area contributed by atoms with Crippen molar-refractivity contribution in [1.82, 2.24) is 19.4 Å². The Hall–Kier alpha value is -0.581. The molecular formula is C6H5IrN4S-. The van der Waals surface area contributed by atoms with Gasteiger partial charge in [0.25, 0.3) is 0 Å². The van der Waals surface area contributed by atoms with Gasteiger partial charge in [0.2, 0.25) is 0 Å². The molecule has 1 radical (unpaired) electrons. The number of nitrogens with zero attached hydrogens (tertiary/aromatic N) is 4. The van der Waals surface area contributed by atoms with E-state index in [0.29, 0.717) is 0 Å². The maximum Gasteiger partial charge on any atom is 0.0296 e. The van der Waals surface area contributed by atoms with Gasteiger partial charge >= 0.3 is 0 Å². The average Bonchev–Trinajstić information content (AvgIpc) is 2.55. The minimum absolute atomic E-state index is 0. The van der Waals surface area contributed by atoms with Gasteiger partial charge in [0.15, 0.2) is 0 Å². The fraction of sp³-hybridized carbons (Fsp3) is 0.167. The Labute approximate surface area is 87.1 Å². The van der Waals surface area contributed by atoms with Crippen molar-refractivity contribution in [2.45, 2.75) is 0 Å². The molecule has 0 spiro atoms. The van der Waals surface area contributed by atoms with E-state index in [0.717, 1.165) is 11.4 Å². The summed E-state index contributed by atoms with van der Waals surface area (Å²) in [5, 5.41) is 9.46. The molecule has 0 bridgehead atoms. The summed E-state index contributed by atoms with van der Waals surface area (Å²) >= 11 is 1.36. The summed E-state index contributed by atoms with van der Waals surface area (Å²) in [4.78, 5) is 0. The monoisotopic (exact) mass is 358 g/mol. The van der Waals surface area contributed by atoms with Crippen LogP contribution in [0.15, 0.2) is 11.6 Å². The van der Waals surface area contributed by atoms with Gasteiger partial charge in [0, 0.05) is 27.2 Å². The van der Waals surface area contributed by atoms with Crippen molar-refractivity contribution < 1.29 is 20.1 Å². The van der Waals surface area contributed by atoms with Crippen LogP contribution in [0.1, 0.15) is 0 Å². The van der Waals surface area contributed by atoms with Crippen LogP contribution in [0.4, 0.5) is 0 Å². The van der Waals surface area contributed by atoms with Gasteiger partial charge < -0.3 is 0 Å². The molecule has 0 unspecified atom stereocenters. The van der Waals surface area contributed by atoms with E-state index in [1.165, 1.54) is 11.5 Å². The van der Waals surface area contributed by atoms with E-state index in [2.05, 4.69) is 20.8 Å². The normalized spacial score (nSPS) is 9.42. The largest absolute Gasteiger partial charge is 0.274 e. The maximum atomic E-state index is 4.07. The first-order valence-corrected chi connectivity index (χ1v) is 3.88. The Morgan fingerprint density at radius 1 is 1.58 bits per heavy atom. The Morgan fingerprint density at radius 3 is 2.92 bits per heavy atom. The molecule has 65 valence electrons. The van der Waals surface area contributed by atoms with Crippen LogP contribution in [0.2, 0.25) is 0 Å². The molecular weight excluding hydrogens is 352 g/mol. The second-order valence-corrected chi connectivity index (χ2v) is 2.71. The SMILES string of the molecule is Cn1cc(-c2[c-]csn2)nn1.[Ir]. The van der Waals surface area contributed by atoms with Crippen molar-refractivity contribution in [3.63, 3.8) is 0 Å². The average molecular weight is 357 g/mol. The van der Waals surface area contributed by atoms with Crippen LogP contribution in [-0.4, -0.2) is 19.4 Å². The summed E-state index contributed by atoms with van der Waals surface area (Å²) in [6.07, 6.45) is 1.81. The quantitative estimate of drug-likeness (QED) is 0.707. The minimum atomic E-state index is 0. The van der Waals surface area contributed by atoms with Crippen LogP contribution in [0.5, 0.6) is 0 Å². The molecule has 0 atom stereocenters. The molecule has 6 heteroatoms. The van der Waals surface area contributed by atoms with Crippen molar-refractivity contribution in [2.75, 3.05) is 0 Å². The predicted molar refractivity (Wildman–Crippen MR) is 40.9 cm³/mol. The topological polar surface area (TPSA) is 43.6 Å². The van der Waals surface area contributed by atoms with Gasteiger partial charge in [-0.1, -0.05) is 27.8 Å². The summed E-state index contributed by atoms with van der Waals surface area (Å²) in [6.45, 7) is 0. The molecule has 0 aliphatic rings. The summed E-state index contributed by atoms with van der Waals surface area (Å²) in [5.74, 6) is 0. The zero-order valence-corrected chi connectivity index (χ0v) is 9.40. The first-order valence-electron chi connectivity index (χ1n) is 3.05. The molecule has 2 rings (SSSR count). The first kappa shape index (κ1) is 9.51. The Bertz CT molecular complexity index is 342. The van der Waals surface area contributed by atoms with Gasteiger partial charge in [-0.15, -0.1) is 0 Å². The molecule has 2 aromatic rings. The predicted octanol–water partition coefficient (Wildman–Crippen LogP) is 0.736. The van der Waals surface area contributed by atoms with Crippen molar-refractivity contribution in [1.29, 1.82) is 0 Å². The molecule has 0 fully saturated rings. The Balaban J connectivity index is 0.000000720. The molecule has 4 nitrogen and oxygen atoms in total. The standard InChI is InChI=1S/C6H5N4S.Ir/c1-10-4-6(7-9-10)5-2-3-11-8-5;/h3-4H,1H3;/q-1;.